The van der Waals surface area contributed by atoms with E-state index in [1.165, 1.54) is 19.2 Å². The fourth-order valence-corrected chi connectivity index (χ4v) is 4.16. The highest BCUT2D eigenvalue weighted by Crippen LogP contribution is 2.34. The summed E-state index contributed by atoms with van der Waals surface area (Å²) in [5.74, 6) is -0.740. The van der Waals surface area contributed by atoms with E-state index in [4.69, 9.17) is 0 Å². The summed E-state index contributed by atoms with van der Waals surface area (Å²) in [7, 11) is -4.60. The summed E-state index contributed by atoms with van der Waals surface area (Å²) < 4.78 is 66.3. The van der Waals surface area contributed by atoms with E-state index in [0.717, 1.165) is 17.5 Å². The molecule has 1 atom stereocenters. The van der Waals surface area contributed by atoms with Gasteiger partial charge in [-0.2, -0.15) is 17.9 Å². The Morgan fingerprint density at radius 3 is 2.45 bits per heavy atom. The molecule has 29 heavy (non-hydrogen) atoms. The smallest absolute Gasteiger partial charge is 0.323 e. The van der Waals surface area contributed by atoms with Gasteiger partial charge in [-0.25, -0.2) is 8.42 Å². The van der Waals surface area contributed by atoms with Gasteiger partial charge in [0.05, 0.1) is 27.7 Å². The lowest BCUT2D eigenvalue weighted by Crippen LogP contribution is -2.42. The third-order valence-corrected chi connectivity index (χ3v) is 5.70. The number of para-hydroxylation sites is 1. The number of hydrogen-bond donors (Lipinski definition) is 2. The van der Waals surface area contributed by atoms with Crippen molar-refractivity contribution >= 4 is 32.5 Å². The highest BCUT2D eigenvalue weighted by Gasteiger charge is 2.37. The number of anilines is 1. The lowest BCUT2D eigenvalue weighted by atomic mass is 10.2. The fourth-order valence-electron chi connectivity index (χ4n) is 2.73. The standard InChI is InChI=1S/C19H16F3N3O3S/c1-12(18(26)24-15-9-4-6-13-7-5-11-23-17(13)15)25-29(27,28)16-10-3-2-8-14(16)19(20,21)22/h2-12,25H,1H3,(H,24,26)/t12-/m0/s1. The van der Waals surface area contributed by atoms with Crippen molar-refractivity contribution in [2.45, 2.75) is 24.0 Å². The van der Waals surface area contributed by atoms with Gasteiger partial charge in [-0.1, -0.05) is 30.3 Å². The zero-order valence-corrected chi connectivity index (χ0v) is 15.9. The minimum atomic E-state index is -4.86. The van der Waals surface area contributed by atoms with Crippen LogP contribution in [0.5, 0.6) is 0 Å². The first kappa shape index (κ1) is 20.7. The predicted octanol–water partition coefficient (Wildman–Crippen LogP) is 3.56. The number of rotatable bonds is 5. The van der Waals surface area contributed by atoms with Gasteiger partial charge in [0.25, 0.3) is 0 Å². The van der Waals surface area contributed by atoms with Crippen LogP contribution in [0.25, 0.3) is 10.9 Å². The van der Waals surface area contributed by atoms with E-state index in [9.17, 15) is 26.4 Å². The van der Waals surface area contributed by atoms with Crippen molar-refractivity contribution in [2.24, 2.45) is 0 Å². The summed E-state index contributed by atoms with van der Waals surface area (Å²) in [6, 6.07) is 11.0. The number of nitrogens with zero attached hydrogens (tertiary/aromatic N) is 1. The number of carbonyl (C=O) groups is 1. The van der Waals surface area contributed by atoms with Crippen LogP contribution in [-0.4, -0.2) is 25.4 Å². The molecule has 0 aliphatic rings. The number of benzene rings is 2. The Hall–Kier alpha value is -2.98. The second-order valence-corrected chi connectivity index (χ2v) is 7.89. The summed E-state index contributed by atoms with van der Waals surface area (Å²) in [6.45, 7) is 1.24. The summed E-state index contributed by atoms with van der Waals surface area (Å²) >= 11 is 0. The molecule has 152 valence electrons. The van der Waals surface area contributed by atoms with Crippen LogP contribution in [0.1, 0.15) is 12.5 Å². The van der Waals surface area contributed by atoms with Crippen LogP contribution >= 0.6 is 0 Å². The molecule has 0 saturated carbocycles. The van der Waals surface area contributed by atoms with Gasteiger partial charge in [0, 0.05) is 11.6 Å². The van der Waals surface area contributed by atoms with Crippen LogP contribution in [0, 0.1) is 0 Å². The molecule has 1 amide bonds. The number of aromatic nitrogens is 1. The minimum absolute atomic E-state index is 0.356. The Labute approximate surface area is 164 Å². The van der Waals surface area contributed by atoms with Crippen LogP contribution in [0.15, 0.2) is 65.7 Å². The molecule has 3 aromatic rings. The summed E-state index contributed by atoms with van der Waals surface area (Å²) in [5.41, 5.74) is -0.450. The van der Waals surface area contributed by atoms with Gasteiger partial charge in [-0.05, 0) is 31.2 Å². The number of halogens is 3. The second kappa shape index (κ2) is 7.80. The van der Waals surface area contributed by atoms with E-state index in [2.05, 4.69) is 10.3 Å². The first-order valence-electron chi connectivity index (χ1n) is 8.43. The number of hydrogen-bond acceptors (Lipinski definition) is 4. The molecular weight excluding hydrogens is 407 g/mol. The van der Waals surface area contributed by atoms with E-state index in [0.29, 0.717) is 17.3 Å². The molecule has 0 spiro atoms. The number of alkyl halides is 3. The first-order chi connectivity index (χ1) is 13.6. The van der Waals surface area contributed by atoms with Crippen LogP contribution in [0.2, 0.25) is 0 Å². The topological polar surface area (TPSA) is 88.2 Å². The lowest BCUT2D eigenvalue weighted by Gasteiger charge is -2.17. The zero-order valence-electron chi connectivity index (χ0n) is 15.1. The average molecular weight is 423 g/mol. The number of fused-ring (bicyclic) bond motifs is 1. The fraction of sp³-hybridized carbons (Fsp3) is 0.158. The van der Waals surface area contributed by atoms with Crippen molar-refractivity contribution in [3.05, 3.63) is 66.4 Å². The number of pyridine rings is 1. The van der Waals surface area contributed by atoms with Gasteiger partial charge >= 0.3 is 6.18 Å². The van der Waals surface area contributed by atoms with Crippen molar-refractivity contribution in [3.8, 4) is 0 Å². The third kappa shape index (κ3) is 4.54. The Morgan fingerprint density at radius 2 is 1.72 bits per heavy atom. The Morgan fingerprint density at radius 1 is 1.03 bits per heavy atom. The largest absolute Gasteiger partial charge is 0.417 e. The van der Waals surface area contributed by atoms with Crippen molar-refractivity contribution in [1.29, 1.82) is 0 Å². The highest BCUT2D eigenvalue weighted by atomic mass is 32.2. The van der Waals surface area contributed by atoms with Crippen molar-refractivity contribution < 1.29 is 26.4 Å². The van der Waals surface area contributed by atoms with Crippen LogP contribution in [0.3, 0.4) is 0 Å². The molecule has 0 bridgehead atoms. The zero-order chi connectivity index (χ0) is 21.2. The molecule has 10 heteroatoms. The quantitative estimate of drug-likeness (QED) is 0.657. The average Bonchev–Trinajstić information content (AvgIpc) is 2.67. The Balaban J connectivity index is 1.83. The molecule has 2 N–H and O–H groups in total. The van der Waals surface area contributed by atoms with Crippen molar-refractivity contribution in [2.75, 3.05) is 5.32 Å². The van der Waals surface area contributed by atoms with E-state index in [1.807, 2.05) is 4.72 Å². The van der Waals surface area contributed by atoms with Crippen molar-refractivity contribution in [1.82, 2.24) is 9.71 Å². The number of sulfonamides is 1. The summed E-state index contributed by atoms with van der Waals surface area (Å²) in [6.07, 6.45) is -3.32. The number of carbonyl (C=O) groups excluding carboxylic acids is 1. The van der Waals surface area contributed by atoms with Gasteiger partial charge < -0.3 is 5.32 Å². The molecular formula is C19H16F3N3O3S. The van der Waals surface area contributed by atoms with Crippen molar-refractivity contribution in [3.63, 3.8) is 0 Å². The number of nitrogens with one attached hydrogen (secondary N) is 2. The summed E-state index contributed by atoms with van der Waals surface area (Å²) in [4.78, 5) is 15.7. The third-order valence-electron chi connectivity index (χ3n) is 4.10. The maximum Gasteiger partial charge on any atom is 0.417 e. The van der Waals surface area contributed by atoms with E-state index in [1.54, 1.807) is 30.3 Å². The molecule has 6 nitrogen and oxygen atoms in total. The Bertz CT molecular complexity index is 1160. The van der Waals surface area contributed by atoms with Gasteiger partial charge in [-0.3, -0.25) is 9.78 Å². The molecule has 0 aliphatic carbocycles. The molecule has 2 aromatic carbocycles. The van der Waals surface area contributed by atoms with Gasteiger partial charge in [-0.15, -0.1) is 0 Å². The van der Waals surface area contributed by atoms with Crippen LogP contribution in [0.4, 0.5) is 18.9 Å². The SMILES string of the molecule is C[C@H](NS(=O)(=O)c1ccccc1C(F)(F)F)C(=O)Nc1cccc2cccnc12. The lowest BCUT2D eigenvalue weighted by molar-refractivity contribution is -0.139. The second-order valence-electron chi connectivity index (χ2n) is 6.21. The highest BCUT2D eigenvalue weighted by molar-refractivity contribution is 7.89. The molecule has 1 aromatic heterocycles. The van der Waals surface area contributed by atoms with E-state index in [-0.39, 0.29) is 0 Å². The van der Waals surface area contributed by atoms with Crippen LogP contribution < -0.4 is 10.0 Å². The summed E-state index contributed by atoms with van der Waals surface area (Å²) in [5, 5.41) is 3.31. The normalized spacial score (nSPS) is 13.2. The Kier molecular flexibility index (Phi) is 5.58. The monoisotopic (exact) mass is 423 g/mol. The minimum Gasteiger partial charge on any atom is -0.323 e. The molecule has 0 fully saturated rings. The number of amides is 1. The molecule has 0 saturated heterocycles. The molecule has 0 radical (unpaired) electrons. The molecule has 0 unspecified atom stereocenters. The molecule has 1 heterocycles. The van der Waals surface area contributed by atoms with E-state index < -0.39 is 38.6 Å². The van der Waals surface area contributed by atoms with E-state index >= 15 is 0 Å². The maximum absolute atomic E-state index is 13.1. The molecule has 0 aliphatic heterocycles. The molecule has 3 rings (SSSR count). The maximum atomic E-state index is 13.1. The first-order valence-corrected chi connectivity index (χ1v) is 9.91. The predicted molar refractivity (Wildman–Crippen MR) is 102 cm³/mol. The van der Waals surface area contributed by atoms with Gasteiger partial charge in [0.1, 0.15) is 0 Å². The van der Waals surface area contributed by atoms with Gasteiger partial charge in [0.2, 0.25) is 15.9 Å². The van der Waals surface area contributed by atoms with Crippen LogP contribution in [-0.2, 0) is 21.0 Å². The van der Waals surface area contributed by atoms with Gasteiger partial charge in [0.15, 0.2) is 0 Å².